The third-order valence-electron chi connectivity index (χ3n) is 4.42. The number of rotatable bonds is 4. The minimum absolute atomic E-state index is 0.00437. The van der Waals surface area contributed by atoms with Crippen molar-refractivity contribution in [2.24, 2.45) is 0 Å². The van der Waals surface area contributed by atoms with E-state index in [1.54, 1.807) is 6.20 Å². The lowest BCUT2D eigenvalue weighted by Gasteiger charge is -2.32. The Labute approximate surface area is 145 Å². The van der Waals surface area contributed by atoms with Crippen LogP contribution in [0.4, 0.5) is 0 Å². The number of hydrogen-bond donors (Lipinski definition) is 2. The number of ether oxygens (including phenoxy) is 1. The van der Waals surface area contributed by atoms with E-state index in [0.717, 1.165) is 25.7 Å². The smallest absolute Gasteiger partial charge is 0.251 e. The zero-order valence-corrected chi connectivity index (χ0v) is 14.2. The van der Waals surface area contributed by atoms with E-state index >= 15 is 0 Å². The first-order valence-electron chi connectivity index (χ1n) is 7.96. The average Bonchev–Trinajstić information content (AvgIpc) is 3.12. The van der Waals surface area contributed by atoms with Gasteiger partial charge in [-0.2, -0.15) is 5.10 Å². The Balaban J connectivity index is 1.79. The predicted octanol–water partition coefficient (Wildman–Crippen LogP) is 3.16. The van der Waals surface area contributed by atoms with Crippen LogP contribution in [0, 0.1) is 0 Å². The van der Waals surface area contributed by atoms with Gasteiger partial charge in [0.15, 0.2) is 11.5 Å². The standard InChI is InChI=1S/C17H20ClN3O3/c1-24-15-10-11(9-12(18)16(15)22)17(23)20-13-5-2-3-6-14(13)21-8-4-7-19-21/h4,7-10,13-14,22H,2-3,5-6H2,1H3,(H,20,23)/t13-,14+/m0/s1. The van der Waals surface area contributed by atoms with Crippen molar-refractivity contribution in [3.63, 3.8) is 0 Å². The summed E-state index contributed by atoms with van der Waals surface area (Å²) in [5.41, 5.74) is 0.361. The molecule has 0 radical (unpaired) electrons. The fourth-order valence-corrected chi connectivity index (χ4v) is 3.40. The maximum absolute atomic E-state index is 12.6. The largest absolute Gasteiger partial charge is 0.503 e. The molecule has 24 heavy (non-hydrogen) atoms. The van der Waals surface area contributed by atoms with Gasteiger partial charge in [-0.05, 0) is 31.0 Å². The van der Waals surface area contributed by atoms with Crippen molar-refractivity contribution in [1.29, 1.82) is 0 Å². The lowest BCUT2D eigenvalue weighted by Crippen LogP contribution is -2.43. The summed E-state index contributed by atoms with van der Waals surface area (Å²) in [5.74, 6) is -0.220. The van der Waals surface area contributed by atoms with Crippen molar-refractivity contribution in [3.05, 3.63) is 41.2 Å². The average molecular weight is 350 g/mol. The van der Waals surface area contributed by atoms with E-state index in [1.165, 1.54) is 19.2 Å². The highest BCUT2D eigenvalue weighted by Crippen LogP contribution is 2.35. The molecule has 2 aromatic rings. The molecule has 0 unspecified atom stereocenters. The van der Waals surface area contributed by atoms with Gasteiger partial charge in [-0.25, -0.2) is 0 Å². The third-order valence-corrected chi connectivity index (χ3v) is 4.71. The summed E-state index contributed by atoms with van der Waals surface area (Å²) < 4.78 is 6.97. The molecule has 2 atom stereocenters. The van der Waals surface area contributed by atoms with Crippen molar-refractivity contribution in [1.82, 2.24) is 15.1 Å². The number of carbonyl (C=O) groups is 1. The second-order valence-corrected chi connectivity index (χ2v) is 6.33. The zero-order valence-electron chi connectivity index (χ0n) is 13.4. The van der Waals surface area contributed by atoms with Gasteiger partial charge in [0.1, 0.15) is 0 Å². The summed E-state index contributed by atoms with van der Waals surface area (Å²) in [5, 5.41) is 17.3. The lowest BCUT2D eigenvalue weighted by atomic mass is 9.90. The number of nitrogens with zero attached hydrogens (tertiary/aromatic N) is 2. The third kappa shape index (κ3) is 3.33. The summed E-state index contributed by atoms with van der Waals surface area (Å²) in [7, 11) is 1.42. The number of halogens is 1. The van der Waals surface area contributed by atoms with Crippen LogP contribution in [0.15, 0.2) is 30.6 Å². The summed E-state index contributed by atoms with van der Waals surface area (Å²) in [4.78, 5) is 12.6. The van der Waals surface area contributed by atoms with Crippen molar-refractivity contribution in [3.8, 4) is 11.5 Å². The van der Waals surface area contributed by atoms with Crippen LogP contribution in [0.25, 0.3) is 0 Å². The van der Waals surface area contributed by atoms with E-state index in [-0.39, 0.29) is 34.5 Å². The van der Waals surface area contributed by atoms with Gasteiger partial charge in [-0.3, -0.25) is 9.48 Å². The molecule has 0 spiro atoms. The summed E-state index contributed by atoms with van der Waals surface area (Å²) >= 11 is 5.97. The molecule has 1 aliphatic rings. The maximum atomic E-state index is 12.6. The zero-order chi connectivity index (χ0) is 17.1. The number of hydrogen-bond acceptors (Lipinski definition) is 4. The molecule has 7 heteroatoms. The van der Waals surface area contributed by atoms with Crippen LogP contribution >= 0.6 is 11.6 Å². The molecule has 1 saturated carbocycles. The highest BCUT2D eigenvalue weighted by atomic mass is 35.5. The number of nitrogens with one attached hydrogen (secondary N) is 1. The number of aromatic nitrogens is 2. The molecule has 0 bridgehead atoms. The number of aromatic hydroxyl groups is 1. The first-order chi connectivity index (χ1) is 11.6. The maximum Gasteiger partial charge on any atom is 0.251 e. The molecule has 2 N–H and O–H groups in total. The molecular formula is C17H20ClN3O3. The Kier molecular flexibility index (Phi) is 4.94. The van der Waals surface area contributed by atoms with E-state index in [1.807, 2.05) is 16.9 Å². The molecular weight excluding hydrogens is 330 g/mol. The van der Waals surface area contributed by atoms with E-state index < -0.39 is 0 Å². The molecule has 0 aliphatic heterocycles. The molecule has 1 aromatic carbocycles. The molecule has 6 nitrogen and oxygen atoms in total. The van der Waals surface area contributed by atoms with E-state index in [4.69, 9.17) is 16.3 Å². The summed E-state index contributed by atoms with van der Waals surface area (Å²) in [6.45, 7) is 0. The number of amides is 1. The Morgan fingerprint density at radius 2 is 2.21 bits per heavy atom. The Morgan fingerprint density at radius 1 is 1.42 bits per heavy atom. The second kappa shape index (κ2) is 7.13. The molecule has 1 aliphatic carbocycles. The van der Waals surface area contributed by atoms with Crippen LogP contribution in [-0.2, 0) is 0 Å². The molecule has 1 aromatic heterocycles. The SMILES string of the molecule is COc1cc(C(=O)N[C@H]2CCCC[C@H]2n2cccn2)cc(Cl)c1O. The molecule has 128 valence electrons. The van der Waals surface area contributed by atoms with Gasteiger partial charge in [0, 0.05) is 18.0 Å². The number of phenols is 1. The predicted molar refractivity (Wildman–Crippen MR) is 90.7 cm³/mol. The molecule has 1 heterocycles. The van der Waals surface area contributed by atoms with Gasteiger partial charge in [-0.1, -0.05) is 24.4 Å². The van der Waals surface area contributed by atoms with Gasteiger partial charge in [0.05, 0.1) is 24.2 Å². The number of carbonyl (C=O) groups excluding carboxylic acids is 1. The number of methoxy groups -OCH3 is 1. The summed E-state index contributed by atoms with van der Waals surface area (Å²) in [6.07, 6.45) is 7.75. The van der Waals surface area contributed by atoms with Crippen molar-refractivity contribution < 1.29 is 14.6 Å². The minimum atomic E-state index is -0.237. The van der Waals surface area contributed by atoms with Gasteiger partial charge in [-0.15, -0.1) is 0 Å². The van der Waals surface area contributed by atoms with Crippen LogP contribution in [0.3, 0.4) is 0 Å². The van der Waals surface area contributed by atoms with Crippen LogP contribution < -0.4 is 10.1 Å². The quantitative estimate of drug-likeness (QED) is 0.888. The minimum Gasteiger partial charge on any atom is -0.503 e. The monoisotopic (exact) mass is 349 g/mol. The van der Waals surface area contributed by atoms with Crippen LogP contribution in [-0.4, -0.2) is 33.9 Å². The van der Waals surface area contributed by atoms with Crippen molar-refractivity contribution >= 4 is 17.5 Å². The highest BCUT2D eigenvalue weighted by molar-refractivity contribution is 6.32. The lowest BCUT2D eigenvalue weighted by molar-refractivity contribution is 0.0905. The molecule has 1 fully saturated rings. The van der Waals surface area contributed by atoms with Gasteiger partial charge >= 0.3 is 0 Å². The first kappa shape index (κ1) is 16.6. The normalized spacial score (nSPS) is 20.6. The highest BCUT2D eigenvalue weighted by Gasteiger charge is 2.28. The topological polar surface area (TPSA) is 76.4 Å². The van der Waals surface area contributed by atoms with E-state index in [0.29, 0.717) is 5.56 Å². The first-order valence-corrected chi connectivity index (χ1v) is 8.34. The van der Waals surface area contributed by atoms with Gasteiger partial charge in [0.2, 0.25) is 0 Å². The number of phenolic OH excluding ortho intramolecular Hbond substituents is 1. The Hall–Kier alpha value is -2.21. The van der Waals surface area contributed by atoms with E-state index in [9.17, 15) is 9.90 Å². The molecule has 3 rings (SSSR count). The fraction of sp³-hybridized carbons (Fsp3) is 0.412. The molecule has 1 amide bonds. The van der Waals surface area contributed by atoms with Crippen LogP contribution in [0.5, 0.6) is 11.5 Å². The van der Waals surface area contributed by atoms with Crippen LogP contribution in [0.2, 0.25) is 5.02 Å². The fourth-order valence-electron chi connectivity index (χ4n) is 3.19. The summed E-state index contributed by atoms with van der Waals surface area (Å²) in [6, 6.07) is 4.97. The van der Waals surface area contributed by atoms with Gasteiger partial charge in [0.25, 0.3) is 5.91 Å². The van der Waals surface area contributed by atoms with Crippen molar-refractivity contribution in [2.75, 3.05) is 7.11 Å². The van der Waals surface area contributed by atoms with Crippen molar-refractivity contribution in [2.45, 2.75) is 37.8 Å². The number of benzene rings is 1. The Morgan fingerprint density at radius 3 is 2.92 bits per heavy atom. The van der Waals surface area contributed by atoms with E-state index in [2.05, 4.69) is 10.4 Å². The Bertz CT molecular complexity index is 718. The second-order valence-electron chi connectivity index (χ2n) is 5.93. The molecule has 0 saturated heterocycles. The van der Waals surface area contributed by atoms with Crippen LogP contribution in [0.1, 0.15) is 42.1 Å². The van der Waals surface area contributed by atoms with Gasteiger partial charge < -0.3 is 15.2 Å².